The summed E-state index contributed by atoms with van der Waals surface area (Å²) >= 11 is 0.940. The van der Waals surface area contributed by atoms with Crippen LogP contribution in [-0.4, -0.2) is 43.8 Å². The minimum Gasteiger partial charge on any atom is -0.504 e. The number of imidazole rings is 1. The summed E-state index contributed by atoms with van der Waals surface area (Å²) in [6, 6.07) is 4.73. The summed E-state index contributed by atoms with van der Waals surface area (Å²) in [7, 11) is 1.45. The normalized spacial score (nSPS) is 10.7. The van der Waals surface area contributed by atoms with Crippen LogP contribution in [0.1, 0.15) is 0 Å². The number of aromatic nitrogens is 4. The molecule has 0 unspecified atom stereocenters. The number of methoxy groups -OCH3 is 1. The van der Waals surface area contributed by atoms with Crippen LogP contribution < -0.4 is 15.8 Å². The molecule has 24 heavy (non-hydrogen) atoms. The van der Waals surface area contributed by atoms with Crippen LogP contribution in [0.15, 0.2) is 29.6 Å². The zero-order chi connectivity index (χ0) is 17.1. The van der Waals surface area contributed by atoms with Gasteiger partial charge in [0.05, 0.1) is 20.0 Å². The van der Waals surface area contributed by atoms with Gasteiger partial charge in [0.1, 0.15) is 10.5 Å². The molecule has 0 aliphatic rings. The highest BCUT2D eigenvalue weighted by molar-refractivity contribution is 8.13. The van der Waals surface area contributed by atoms with Crippen molar-refractivity contribution in [2.45, 2.75) is 5.03 Å². The Labute approximate surface area is 140 Å². The van der Waals surface area contributed by atoms with E-state index in [1.807, 2.05) is 0 Å². The zero-order valence-electron chi connectivity index (χ0n) is 12.6. The van der Waals surface area contributed by atoms with Crippen molar-refractivity contribution >= 4 is 39.7 Å². The predicted octanol–water partition coefficient (Wildman–Crippen LogP) is 1.38. The minimum atomic E-state index is -0.170. The number of fused-ring (bicyclic) bond motifs is 1. The molecule has 10 heteroatoms. The molecule has 0 aliphatic heterocycles. The highest BCUT2D eigenvalue weighted by Crippen LogP contribution is 2.29. The number of hydrogen-bond acceptors (Lipinski definition) is 9. The molecule has 0 radical (unpaired) electrons. The first-order valence-electron chi connectivity index (χ1n) is 6.85. The number of nitrogens with zero attached hydrogens (tertiary/aromatic N) is 3. The quantitative estimate of drug-likeness (QED) is 0.306. The molecule has 2 aromatic heterocycles. The van der Waals surface area contributed by atoms with E-state index in [1.54, 1.807) is 12.1 Å². The molecule has 0 saturated heterocycles. The molecule has 0 saturated carbocycles. The summed E-state index contributed by atoms with van der Waals surface area (Å²) in [4.78, 5) is 27.1. The van der Waals surface area contributed by atoms with E-state index in [9.17, 15) is 9.90 Å². The lowest BCUT2D eigenvalue weighted by atomic mass is 10.3. The Morgan fingerprint density at radius 2 is 2.29 bits per heavy atom. The molecule has 0 aliphatic carbocycles. The van der Waals surface area contributed by atoms with E-state index >= 15 is 0 Å². The summed E-state index contributed by atoms with van der Waals surface area (Å²) in [5.74, 6) is 0.408. The third kappa shape index (κ3) is 3.33. The Bertz CT molecular complexity index is 897. The Morgan fingerprint density at radius 1 is 1.46 bits per heavy atom. The third-order valence-corrected chi connectivity index (χ3v) is 3.96. The third-order valence-electron chi connectivity index (χ3n) is 3.10. The van der Waals surface area contributed by atoms with Crippen molar-refractivity contribution in [3.63, 3.8) is 0 Å². The van der Waals surface area contributed by atoms with Crippen LogP contribution >= 0.6 is 11.8 Å². The topological polar surface area (TPSA) is 139 Å². The number of hydrogen-bond donors (Lipinski definition) is 4. The summed E-state index contributed by atoms with van der Waals surface area (Å²) in [6.45, 7) is 0.0537. The number of aromatic hydroxyl groups is 1. The summed E-state index contributed by atoms with van der Waals surface area (Å²) in [5, 5.41) is 12.8. The molecule has 0 atom stereocenters. The lowest BCUT2D eigenvalue weighted by Crippen LogP contribution is -2.11. The number of carbonyl (C=O) groups excluding carboxylic acids is 1. The minimum absolute atomic E-state index is 0.0295. The van der Waals surface area contributed by atoms with Gasteiger partial charge < -0.3 is 25.9 Å². The second-order valence-electron chi connectivity index (χ2n) is 4.70. The van der Waals surface area contributed by atoms with Gasteiger partial charge in [0.2, 0.25) is 11.1 Å². The Kier molecular flexibility index (Phi) is 4.38. The number of nitrogens with two attached hydrogens (primary N) is 1. The van der Waals surface area contributed by atoms with Crippen molar-refractivity contribution in [1.29, 1.82) is 0 Å². The van der Waals surface area contributed by atoms with Crippen LogP contribution in [0.4, 0.5) is 11.6 Å². The highest BCUT2D eigenvalue weighted by Gasteiger charge is 2.14. The average Bonchev–Trinajstić information content (AvgIpc) is 3.02. The number of ether oxygens (including phenoxy) is 1. The predicted molar refractivity (Wildman–Crippen MR) is 90.1 cm³/mol. The number of phenols is 1. The van der Waals surface area contributed by atoms with Gasteiger partial charge in [-0.05, 0) is 23.9 Å². The molecular formula is C14H14N6O3S. The molecule has 0 amide bonds. The van der Waals surface area contributed by atoms with Gasteiger partial charge in [0.25, 0.3) is 0 Å². The van der Waals surface area contributed by atoms with Gasteiger partial charge in [0, 0.05) is 11.8 Å². The first-order chi connectivity index (χ1) is 11.6. The fraction of sp³-hybridized carbons (Fsp3) is 0.143. The standard InChI is InChI=1S/C14H14N6O3S/c1-23-9-4-7(2-3-8(9)21)16-5-10(22)24-13-11-12(18-6-17-11)19-14(15)20-13/h2-4,6,16,21H,5H2,1H3,(H3,15,17,18,19,20). The number of nitrogen functional groups attached to an aromatic ring is 1. The number of phenolic OH excluding ortho intramolecular Hbond substituents is 1. The second kappa shape index (κ2) is 6.62. The average molecular weight is 346 g/mol. The van der Waals surface area contributed by atoms with Gasteiger partial charge >= 0.3 is 0 Å². The second-order valence-corrected chi connectivity index (χ2v) is 5.75. The molecule has 3 rings (SSSR count). The number of aromatic amines is 1. The van der Waals surface area contributed by atoms with Gasteiger partial charge in [-0.1, -0.05) is 0 Å². The van der Waals surface area contributed by atoms with Crippen molar-refractivity contribution in [1.82, 2.24) is 19.9 Å². The fourth-order valence-corrected chi connectivity index (χ4v) is 2.75. The first-order valence-corrected chi connectivity index (χ1v) is 7.66. The number of benzene rings is 1. The number of carbonyl (C=O) groups is 1. The first kappa shape index (κ1) is 15.9. The summed E-state index contributed by atoms with van der Waals surface area (Å²) < 4.78 is 5.02. The summed E-state index contributed by atoms with van der Waals surface area (Å²) in [5.41, 5.74) is 7.24. The van der Waals surface area contributed by atoms with Crippen LogP contribution in [-0.2, 0) is 4.79 Å². The van der Waals surface area contributed by atoms with Crippen LogP contribution in [0.3, 0.4) is 0 Å². The Hall–Kier alpha value is -3.01. The van der Waals surface area contributed by atoms with Crippen molar-refractivity contribution in [3.05, 3.63) is 24.5 Å². The van der Waals surface area contributed by atoms with Gasteiger partial charge in [-0.2, -0.15) is 4.98 Å². The number of thioether (sulfide) groups is 1. The molecule has 3 aromatic rings. The van der Waals surface area contributed by atoms with Crippen molar-refractivity contribution in [2.24, 2.45) is 0 Å². The Morgan fingerprint density at radius 3 is 3.08 bits per heavy atom. The number of H-pyrrole nitrogens is 1. The Balaban J connectivity index is 1.68. The highest BCUT2D eigenvalue weighted by atomic mass is 32.2. The van der Waals surface area contributed by atoms with Gasteiger partial charge in [-0.15, -0.1) is 0 Å². The molecule has 2 heterocycles. The lowest BCUT2D eigenvalue weighted by molar-refractivity contribution is -0.109. The van der Waals surface area contributed by atoms with Crippen LogP contribution in [0.2, 0.25) is 0 Å². The maximum absolute atomic E-state index is 12.2. The molecule has 0 spiro atoms. The van der Waals surface area contributed by atoms with Gasteiger partial charge in [-0.25, -0.2) is 9.97 Å². The fourth-order valence-electron chi connectivity index (χ4n) is 2.00. The van der Waals surface area contributed by atoms with Gasteiger partial charge in [-0.3, -0.25) is 4.79 Å². The van der Waals surface area contributed by atoms with E-state index in [4.69, 9.17) is 10.5 Å². The number of nitrogens with one attached hydrogen (secondary N) is 2. The van der Waals surface area contributed by atoms with E-state index in [0.29, 0.717) is 27.6 Å². The van der Waals surface area contributed by atoms with Gasteiger partial charge in [0.15, 0.2) is 17.1 Å². The molecule has 1 aromatic carbocycles. The maximum Gasteiger partial charge on any atom is 0.223 e. The smallest absolute Gasteiger partial charge is 0.223 e. The zero-order valence-corrected chi connectivity index (χ0v) is 13.4. The molecule has 0 fully saturated rings. The monoisotopic (exact) mass is 346 g/mol. The molecule has 124 valence electrons. The van der Waals surface area contributed by atoms with E-state index in [1.165, 1.54) is 19.5 Å². The van der Waals surface area contributed by atoms with Crippen molar-refractivity contribution in [2.75, 3.05) is 24.7 Å². The van der Waals surface area contributed by atoms with E-state index < -0.39 is 0 Å². The van der Waals surface area contributed by atoms with Crippen molar-refractivity contribution < 1.29 is 14.6 Å². The van der Waals surface area contributed by atoms with Crippen LogP contribution in [0.25, 0.3) is 11.2 Å². The molecule has 0 bridgehead atoms. The van der Waals surface area contributed by atoms with Crippen LogP contribution in [0.5, 0.6) is 11.5 Å². The van der Waals surface area contributed by atoms with E-state index in [2.05, 4.69) is 25.3 Å². The van der Waals surface area contributed by atoms with Crippen molar-refractivity contribution in [3.8, 4) is 11.5 Å². The molecule has 5 N–H and O–H groups in total. The van der Waals surface area contributed by atoms with Crippen LogP contribution in [0, 0.1) is 0 Å². The lowest BCUT2D eigenvalue weighted by Gasteiger charge is -2.08. The van der Waals surface area contributed by atoms with E-state index in [-0.39, 0.29) is 23.4 Å². The van der Waals surface area contributed by atoms with E-state index in [0.717, 1.165) is 11.8 Å². The number of rotatable bonds is 5. The molecular weight excluding hydrogens is 332 g/mol. The molecule has 9 nitrogen and oxygen atoms in total. The SMILES string of the molecule is COc1cc(NCC(=O)Sc2nc(N)nc3nc[nH]c23)ccc1O. The number of anilines is 2. The summed E-state index contributed by atoms with van der Waals surface area (Å²) in [6.07, 6.45) is 1.47. The maximum atomic E-state index is 12.2. The largest absolute Gasteiger partial charge is 0.504 e.